The smallest absolute Gasteiger partial charge is 0.0732 e. The number of nitrogens with two attached hydrogens (primary N) is 1. The lowest BCUT2D eigenvalue weighted by Crippen LogP contribution is -1.96. The lowest BCUT2D eigenvalue weighted by Gasteiger charge is -2.06. The van der Waals surface area contributed by atoms with Gasteiger partial charge in [-0.05, 0) is 29.3 Å². The summed E-state index contributed by atoms with van der Waals surface area (Å²) in [5, 5.41) is 0. The molecule has 0 fully saturated rings. The average Bonchev–Trinajstić information content (AvgIpc) is 2.32. The van der Waals surface area contributed by atoms with E-state index in [2.05, 4.69) is 15.9 Å². The summed E-state index contributed by atoms with van der Waals surface area (Å²) in [6, 6.07) is 15.8. The normalized spacial score (nSPS) is 10.4. The van der Waals surface area contributed by atoms with E-state index in [9.17, 15) is 0 Å². The molecule has 0 saturated carbocycles. The van der Waals surface area contributed by atoms with E-state index >= 15 is 0 Å². The quantitative estimate of drug-likeness (QED) is 0.871. The average molecular weight is 292 g/mol. The van der Waals surface area contributed by atoms with Crippen molar-refractivity contribution in [2.24, 2.45) is 0 Å². The van der Waals surface area contributed by atoms with Gasteiger partial charge in [0.25, 0.3) is 0 Å². The Morgan fingerprint density at radius 3 is 2.59 bits per heavy atom. The molecule has 17 heavy (non-hydrogen) atoms. The number of ether oxygens (including phenoxy) is 1. The first-order chi connectivity index (χ1) is 8.25. The molecule has 0 aliphatic carbocycles. The fourth-order valence-corrected chi connectivity index (χ4v) is 1.98. The molecule has 2 N–H and O–H groups in total. The summed E-state index contributed by atoms with van der Waals surface area (Å²) in [7, 11) is 0. The molecule has 0 aromatic heterocycles. The fourth-order valence-electron chi connectivity index (χ4n) is 1.58. The fraction of sp³-hybridized carbons (Fsp3) is 0.143. The minimum Gasteiger partial charge on any atom is -0.399 e. The third-order valence-electron chi connectivity index (χ3n) is 2.44. The van der Waals surface area contributed by atoms with E-state index in [1.807, 2.05) is 48.5 Å². The van der Waals surface area contributed by atoms with E-state index < -0.39 is 0 Å². The molecule has 2 aromatic carbocycles. The molecule has 0 amide bonds. The standard InChI is InChI=1S/C14H14BrNO/c15-14-7-2-1-5-12(14)10-17-9-11-4-3-6-13(16)8-11/h1-8H,9-10,16H2. The Kier molecular flexibility index (Phi) is 4.18. The number of hydrogen-bond donors (Lipinski definition) is 1. The number of rotatable bonds is 4. The van der Waals surface area contributed by atoms with Crippen molar-refractivity contribution < 1.29 is 4.74 Å². The highest BCUT2D eigenvalue weighted by Crippen LogP contribution is 2.17. The van der Waals surface area contributed by atoms with Crippen molar-refractivity contribution in [1.82, 2.24) is 0 Å². The summed E-state index contributed by atoms with van der Waals surface area (Å²) in [6.45, 7) is 1.17. The number of hydrogen-bond acceptors (Lipinski definition) is 2. The maximum absolute atomic E-state index is 5.70. The highest BCUT2D eigenvalue weighted by atomic mass is 79.9. The molecular formula is C14H14BrNO. The van der Waals surface area contributed by atoms with Gasteiger partial charge in [-0.2, -0.15) is 0 Å². The lowest BCUT2D eigenvalue weighted by atomic mass is 10.2. The third-order valence-corrected chi connectivity index (χ3v) is 3.21. The first-order valence-electron chi connectivity index (χ1n) is 5.41. The lowest BCUT2D eigenvalue weighted by molar-refractivity contribution is 0.107. The van der Waals surface area contributed by atoms with Gasteiger partial charge in [-0.3, -0.25) is 0 Å². The van der Waals surface area contributed by atoms with Crippen molar-refractivity contribution in [3.63, 3.8) is 0 Å². The van der Waals surface area contributed by atoms with Crippen LogP contribution in [0.2, 0.25) is 0 Å². The molecule has 2 rings (SSSR count). The number of benzene rings is 2. The zero-order chi connectivity index (χ0) is 12.1. The zero-order valence-electron chi connectivity index (χ0n) is 9.40. The summed E-state index contributed by atoms with van der Waals surface area (Å²) in [5.74, 6) is 0. The summed E-state index contributed by atoms with van der Waals surface area (Å²) in [5.41, 5.74) is 8.72. The second-order valence-corrected chi connectivity index (χ2v) is 4.68. The summed E-state index contributed by atoms with van der Waals surface area (Å²) in [6.07, 6.45) is 0. The number of halogens is 1. The molecule has 0 heterocycles. The Morgan fingerprint density at radius 1 is 1.00 bits per heavy atom. The van der Waals surface area contributed by atoms with Gasteiger partial charge < -0.3 is 10.5 Å². The first-order valence-corrected chi connectivity index (χ1v) is 6.20. The summed E-state index contributed by atoms with van der Waals surface area (Å²) >= 11 is 3.49. The van der Waals surface area contributed by atoms with Gasteiger partial charge in [0.15, 0.2) is 0 Å². The maximum Gasteiger partial charge on any atom is 0.0732 e. The number of anilines is 1. The van der Waals surface area contributed by atoms with Gasteiger partial charge in [-0.25, -0.2) is 0 Å². The van der Waals surface area contributed by atoms with E-state index in [1.165, 1.54) is 0 Å². The van der Waals surface area contributed by atoms with Crippen molar-refractivity contribution in [3.05, 3.63) is 64.1 Å². The second-order valence-electron chi connectivity index (χ2n) is 3.83. The molecular weight excluding hydrogens is 278 g/mol. The van der Waals surface area contributed by atoms with Gasteiger partial charge in [0.05, 0.1) is 13.2 Å². The Labute approximate surface area is 110 Å². The predicted molar refractivity (Wildman–Crippen MR) is 73.5 cm³/mol. The molecule has 0 aliphatic rings. The van der Waals surface area contributed by atoms with Crippen molar-refractivity contribution in [1.29, 1.82) is 0 Å². The van der Waals surface area contributed by atoms with E-state index in [1.54, 1.807) is 0 Å². The Bertz CT molecular complexity index is 499. The Hall–Kier alpha value is -1.32. The van der Waals surface area contributed by atoms with Crippen LogP contribution in [0.15, 0.2) is 53.0 Å². The first kappa shape index (κ1) is 12.1. The largest absolute Gasteiger partial charge is 0.399 e. The summed E-state index contributed by atoms with van der Waals surface area (Å²) < 4.78 is 6.73. The van der Waals surface area contributed by atoms with Crippen LogP contribution >= 0.6 is 15.9 Å². The van der Waals surface area contributed by atoms with Crippen LogP contribution in [-0.4, -0.2) is 0 Å². The van der Waals surface area contributed by atoms with E-state index in [-0.39, 0.29) is 0 Å². The van der Waals surface area contributed by atoms with Gasteiger partial charge >= 0.3 is 0 Å². The molecule has 0 spiro atoms. The highest BCUT2D eigenvalue weighted by Gasteiger charge is 1.99. The highest BCUT2D eigenvalue weighted by molar-refractivity contribution is 9.10. The molecule has 2 aromatic rings. The second kappa shape index (κ2) is 5.84. The molecule has 0 aliphatic heterocycles. The molecule has 88 valence electrons. The van der Waals surface area contributed by atoms with Crippen LogP contribution in [0, 0.1) is 0 Å². The molecule has 0 bridgehead atoms. The van der Waals surface area contributed by atoms with Crippen molar-refractivity contribution in [2.75, 3.05) is 5.73 Å². The van der Waals surface area contributed by atoms with Crippen molar-refractivity contribution in [2.45, 2.75) is 13.2 Å². The molecule has 2 nitrogen and oxygen atoms in total. The predicted octanol–water partition coefficient (Wildman–Crippen LogP) is 3.75. The Balaban J connectivity index is 1.90. The van der Waals surface area contributed by atoms with Crippen LogP contribution < -0.4 is 5.73 Å². The molecule has 0 atom stereocenters. The minimum absolute atomic E-state index is 0.576. The van der Waals surface area contributed by atoms with Gasteiger partial charge in [0, 0.05) is 10.2 Å². The third kappa shape index (κ3) is 3.58. The van der Waals surface area contributed by atoms with Gasteiger partial charge in [-0.15, -0.1) is 0 Å². The molecule has 0 saturated heterocycles. The topological polar surface area (TPSA) is 35.2 Å². The maximum atomic E-state index is 5.70. The monoisotopic (exact) mass is 291 g/mol. The van der Waals surface area contributed by atoms with Gasteiger partial charge in [0.2, 0.25) is 0 Å². The van der Waals surface area contributed by atoms with Crippen molar-refractivity contribution >= 4 is 21.6 Å². The molecule has 0 unspecified atom stereocenters. The van der Waals surface area contributed by atoms with Crippen molar-refractivity contribution in [3.8, 4) is 0 Å². The van der Waals surface area contributed by atoms with Crippen LogP contribution in [-0.2, 0) is 18.0 Å². The molecule has 0 radical (unpaired) electrons. The molecule has 3 heteroatoms. The SMILES string of the molecule is Nc1cccc(COCc2ccccc2Br)c1. The number of nitrogen functional groups attached to an aromatic ring is 1. The van der Waals surface area contributed by atoms with Gasteiger partial charge in [0.1, 0.15) is 0 Å². The van der Waals surface area contributed by atoms with Crippen LogP contribution in [0.1, 0.15) is 11.1 Å². The van der Waals surface area contributed by atoms with E-state index in [0.29, 0.717) is 13.2 Å². The van der Waals surface area contributed by atoms with Crippen LogP contribution in [0.5, 0.6) is 0 Å². The summed E-state index contributed by atoms with van der Waals surface area (Å²) in [4.78, 5) is 0. The van der Waals surface area contributed by atoms with Crippen LogP contribution in [0.3, 0.4) is 0 Å². The Morgan fingerprint density at radius 2 is 1.82 bits per heavy atom. The van der Waals surface area contributed by atoms with E-state index in [0.717, 1.165) is 21.3 Å². The van der Waals surface area contributed by atoms with Crippen LogP contribution in [0.4, 0.5) is 5.69 Å². The van der Waals surface area contributed by atoms with E-state index in [4.69, 9.17) is 10.5 Å². The zero-order valence-corrected chi connectivity index (χ0v) is 11.0. The minimum atomic E-state index is 0.576. The van der Waals surface area contributed by atoms with Crippen LogP contribution in [0.25, 0.3) is 0 Å². The van der Waals surface area contributed by atoms with Gasteiger partial charge in [-0.1, -0.05) is 46.3 Å².